The number of aromatic nitrogens is 2. The van der Waals surface area contributed by atoms with Gasteiger partial charge in [-0.1, -0.05) is 0 Å². The van der Waals surface area contributed by atoms with E-state index < -0.39 is 0 Å². The third-order valence-corrected chi connectivity index (χ3v) is 3.46. The van der Waals surface area contributed by atoms with Crippen molar-refractivity contribution in [1.82, 2.24) is 14.3 Å². The molecule has 1 fully saturated rings. The molecule has 0 aromatic carbocycles. The van der Waals surface area contributed by atoms with Crippen LogP contribution in [0.3, 0.4) is 0 Å². The summed E-state index contributed by atoms with van der Waals surface area (Å²) in [4.78, 5) is 17.7. The summed E-state index contributed by atoms with van der Waals surface area (Å²) in [6, 6.07) is 3.61. The number of rotatable bonds is 4. The molecule has 0 unspecified atom stereocenters. The number of carbonyl (C=O) groups excluding carboxylic acids is 1. The Morgan fingerprint density at radius 2 is 2.21 bits per heavy atom. The number of morpholine rings is 1. The first-order valence-electron chi connectivity index (χ1n) is 6.58. The lowest BCUT2D eigenvalue weighted by molar-refractivity contribution is 0.0383. The molecule has 3 rings (SSSR count). The molecule has 0 N–H and O–H groups in total. The first-order chi connectivity index (χ1) is 9.35. The van der Waals surface area contributed by atoms with Crippen molar-refractivity contribution >= 4 is 11.9 Å². The Morgan fingerprint density at radius 1 is 1.37 bits per heavy atom. The third-order valence-electron chi connectivity index (χ3n) is 3.46. The number of nitrogens with zero attached hydrogens (tertiary/aromatic N) is 3. The Kier molecular flexibility index (Phi) is 3.57. The van der Waals surface area contributed by atoms with Crippen LogP contribution in [0.25, 0.3) is 5.65 Å². The lowest BCUT2D eigenvalue weighted by Gasteiger charge is -2.26. The molecule has 5 nitrogen and oxygen atoms in total. The van der Waals surface area contributed by atoms with Gasteiger partial charge in [-0.2, -0.15) is 0 Å². The van der Waals surface area contributed by atoms with Crippen LogP contribution in [0.4, 0.5) is 0 Å². The van der Waals surface area contributed by atoms with E-state index in [2.05, 4.69) is 9.88 Å². The van der Waals surface area contributed by atoms with Crippen LogP contribution in [-0.2, 0) is 11.2 Å². The highest BCUT2D eigenvalue weighted by atomic mass is 16.5. The molecule has 3 heterocycles. The maximum absolute atomic E-state index is 10.7. The van der Waals surface area contributed by atoms with E-state index >= 15 is 0 Å². The molecule has 2 aromatic heterocycles. The summed E-state index contributed by atoms with van der Waals surface area (Å²) in [5.74, 6) is 0. The summed E-state index contributed by atoms with van der Waals surface area (Å²) < 4.78 is 7.29. The van der Waals surface area contributed by atoms with Gasteiger partial charge in [-0.15, -0.1) is 0 Å². The fourth-order valence-electron chi connectivity index (χ4n) is 2.34. The second kappa shape index (κ2) is 5.50. The molecule has 0 aliphatic carbocycles. The molecule has 0 spiro atoms. The second-order valence-corrected chi connectivity index (χ2v) is 4.78. The maximum atomic E-state index is 10.7. The largest absolute Gasteiger partial charge is 0.379 e. The van der Waals surface area contributed by atoms with E-state index in [1.807, 2.05) is 22.9 Å². The Hall–Kier alpha value is -1.72. The highest BCUT2D eigenvalue weighted by Gasteiger charge is 2.11. The molecule has 0 radical (unpaired) electrons. The number of pyridine rings is 1. The zero-order valence-electron chi connectivity index (χ0n) is 10.8. The highest BCUT2D eigenvalue weighted by molar-refractivity contribution is 5.76. The second-order valence-electron chi connectivity index (χ2n) is 4.78. The van der Waals surface area contributed by atoms with E-state index in [4.69, 9.17) is 4.74 Å². The van der Waals surface area contributed by atoms with Crippen molar-refractivity contribution in [2.45, 2.75) is 6.42 Å². The van der Waals surface area contributed by atoms with Crippen molar-refractivity contribution in [3.05, 3.63) is 35.8 Å². The van der Waals surface area contributed by atoms with E-state index in [1.165, 1.54) is 0 Å². The van der Waals surface area contributed by atoms with Crippen LogP contribution in [0.1, 0.15) is 16.1 Å². The van der Waals surface area contributed by atoms with Crippen LogP contribution in [0.5, 0.6) is 0 Å². The minimum atomic E-state index is 0.665. The molecule has 0 amide bonds. The number of ether oxygens (including phenoxy) is 1. The lowest BCUT2D eigenvalue weighted by atomic mass is 10.3. The van der Waals surface area contributed by atoms with Gasteiger partial charge in [0.1, 0.15) is 11.9 Å². The Labute approximate surface area is 111 Å². The maximum Gasteiger partial charge on any atom is 0.150 e. The molecular weight excluding hydrogens is 242 g/mol. The first-order valence-corrected chi connectivity index (χ1v) is 6.58. The summed E-state index contributed by atoms with van der Waals surface area (Å²) >= 11 is 0. The first kappa shape index (κ1) is 12.3. The SMILES string of the molecule is O=Cc1ccn2cc(CCN3CCOCC3)nc2c1. The third kappa shape index (κ3) is 2.83. The summed E-state index contributed by atoms with van der Waals surface area (Å²) in [6.07, 6.45) is 5.69. The fraction of sp³-hybridized carbons (Fsp3) is 0.429. The van der Waals surface area contributed by atoms with Crippen LogP contribution < -0.4 is 0 Å². The molecule has 19 heavy (non-hydrogen) atoms. The summed E-state index contributed by atoms with van der Waals surface area (Å²) in [5, 5.41) is 0. The van der Waals surface area contributed by atoms with Crippen LogP contribution >= 0.6 is 0 Å². The van der Waals surface area contributed by atoms with Gasteiger partial charge < -0.3 is 9.14 Å². The van der Waals surface area contributed by atoms with Gasteiger partial charge in [0, 0.05) is 44.0 Å². The minimum absolute atomic E-state index is 0.665. The van der Waals surface area contributed by atoms with Crippen molar-refractivity contribution < 1.29 is 9.53 Å². The quantitative estimate of drug-likeness (QED) is 0.769. The van der Waals surface area contributed by atoms with Crippen molar-refractivity contribution in [2.75, 3.05) is 32.8 Å². The van der Waals surface area contributed by atoms with E-state index in [0.29, 0.717) is 5.56 Å². The zero-order chi connectivity index (χ0) is 13.1. The van der Waals surface area contributed by atoms with Gasteiger partial charge >= 0.3 is 0 Å². The van der Waals surface area contributed by atoms with Gasteiger partial charge in [0.15, 0.2) is 0 Å². The summed E-state index contributed by atoms with van der Waals surface area (Å²) in [6.45, 7) is 4.67. The predicted octanol–water partition coefficient (Wildman–Crippen LogP) is 1.02. The summed E-state index contributed by atoms with van der Waals surface area (Å²) in [7, 11) is 0. The zero-order valence-corrected chi connectivity index (χ0v) is 10.8. The Morgan fingerprint density at radius 3 is 3.00 bits per heavy atom. The monoisotopic (exact) mass is 259 g/mol. The van der Waals surface area contributed by atoms with Gasteiger partial charge in [0.25, 0.3) is 0 Å². The molecule has 1 saturated heterocycles. The number of aldehydes is 1. The number of fused-ring (bicyclic) bond motifs is 1. The van der Waals surface area contributed by atoms with Gasteiger partial charge in [-0.25, -0.2) is 4.98 Å². The number of imidazole rings is 1. The highest BCUT2D eigenvalue weighted by Crippen LogP contribution is 2.08. The molecule has 0 saturated carbocycles. The molecule has 0 bridgehead atoms. The van der Waals surface area contributed by atoms with Crippen LogP contribution in [0.15, 0.2) is 24.5 Å². The van der Waals surface area contributed by atoms with Crippen LogP contribution in [0, 0.1) is 0 Å². The van der Waals surface area contributed by atoms with E-state index in [1.54, 1.807) is 6.07 Å². The molecule has 0 atom stereocenters. The number of hydrogen-bond donors (Lipinski definition) is 0. The average molecular weight is 259 g/mol. The molecule has 1 aliphatic rings. The summed E-state index contributed by atoms with van der Waals surface area (Å²) in [5.41, 5.74) is 2.56. The van der Waals surface area contributed by atoms with Crippen molar-refractivity contribution in [1.29, 1.82) is 0 Å². The van der Waals surface area contributed by atoms with Gasteiger partial charge in [0.2, 0.25) is 0 Å². The minimum Gasteiger partial charge on any atom is -0.379 e. The van der Waals surface area contributed by atoms with E-state index in [0.717, 1.165) is 56.9 Å². The molecule has 1 aliphatic heterocycles. The normalized spacial score (nSPS) is 16.8. The lowest BCUT2D eigenvalue weighted by Crippen LogP contribution is -2.37. The van der Waals surface area contributed by atoms with Crippen LogP contribution in [0.2, 0.25) is 0 Å². The number of hydrogen-bond acceptors (Lipinski definition) is 4. The van der Waals surface area contributed by atoms with E-state index in [-0.39, 0.29) is 0 Å². The molecule has 5 heteroatoms. The molecule has 2 aromatic rings. The topological polar surface area (TPSA) is 46.8 Å². The van der Waals surface area contributed by atoms with Crippen LogP contribution in [-0.4, -0.2) is 53.4 Å². The van der Waals surface area contributed by atoms with Crippen molar-refractivity contribution in [2.24, 2.45) is 0 Å². The Balaban J connectivity index is 1.68. The van der Waals surface area contributed by atoms with E-state index in [9.17, 15) is 4.79 Å². The average Bonchev–Trinajstić information content (AvgIpc) is 2.88. The fourth-order valence-corrected chi connectivity index (χ4v) is 2.34. The molecule has 100 valence electrons. The molecular formula is C14H17N3O2. The van der Waals surface area contributed by atoms with Gasteiger partial charge in [0.05, 0.1) is 18.9 Å². The number of carbonyl (C=O) groups is 1. The Bertz CT molecular complexity index is 573. The van der Waals surface area contributed by atoms with Gasteiger partial charge in [-0.05, 0) is 12.1 Å². The van der Waals surface area contributed by atoms with Gasteiger partial charge in [-0.3, -0.25) is 9.69 Å². The van der Waals surface area contributed by atoms with Crippen molar-refractivity contribution in [3.63, 3.8) is 0 Å². The van der Waals surface area contributed by atoms with Crippen molar-refractivity contribution in [3.8, 4) is 0 Å². The smallest absolute Gasteiger partial charge is 0.150 e. The standard InChI is InChI=1S/C14H17N3O2/c18-11-12-1-4-17-10-13(15-14(17)9-12)2-3-16-5-7-19-8-6-16/h1,4,9-11H,2-3,5-8H2. The predicted molar refractivity (Wildman–Crippen MR) is 71.5 cm³/mol.